The van der Waals surface area contributed by atoms with Crippen molar-refractivity contribution in [1.82, 2.24) is 24.7 Å². The second-order valence-electron chi connectivity index (χ2n) is 5.28. The first-order valence-electron chi connectivity index (χ1n) is 7.34. The molecule has 0 aliphatic rings. The van der Waals surface area contributed by atoms with Gasteiger partial charge >= 0.3 is 5.69 Å². The molecule has 0 aliphatic carbocycles. The Morgan fingerprint density at radius 1 is 1.12 bits per heavy atom. The Morgan fingerprint density at radius 3 is 2.62 bits per heavy atom. The van der Waals surface area contributed by atoms with E-state index in [4.69, 9.17) is 4.52 Å². The fraction of sp³-hybridized carbons (Fsp3) is 0.0588. The van der Waals surface area contributed by atoms with Crippen LogP contribution in [-0.2, 0) is 0 Å². The van der Waals surface area contributed by atoms with Crippen LogP contribution in [0.2, 0.25) is 0 Å². The molecule has 1 aromatic carbocycles. The molecule has 0 amide bonds. The van der Waals surface area contributed by atoms with Crippen molar-refractivity contribution in [3.05, 3.63) is 71.2 Å². The number of pyridine rings is 1. The topological polar surface area (TPSA) is 89.6 Å². The minimum Gasteiger partial charge on any atom is -0.334 e. The minimum atomic E-state index is -0.170. The summed E-state index contributed by atoms with van der Waals surface area (Å²) < 4.78 is 6.92. The summed E-state index contributed by atoms with van der Waals surface area (Å²) in [6.45, 7) is 1.87. The van der Waals surface area contributed by atoms with E-state index in [2.05, 4.69) is 20.1 Å². The molecule has 0 bridgehead atoms. The summed E-state index contributed by atoms with van der Waals surface area (Å²) in [7, 11) is 0. The maximum Gasteiger partial charge on any atom is 0.330 e. The van der Waals surface area contributed by atoms with E-state index in [1.165, 1.54) is 0 Å². The van der Waals surface area contributed by atoms with Crippen LogP contribution >= 0.6 is 0 Å². The van der Waals surface area contributed by atoms with Crippen LogP contribution in [0.5, 0.6) is 0 Å². The molecule has 0 unspecified atom stereocenters. The van der Waals surface area contributed by atoms with Crippen molar-refractivity contribution in [2.45, 2.75) is 6.92 Å². The van der Waals surface area contributed by atoms with Crippen molar-refractivity contribution in [2.75, 3.05) is 0 Å². The maximum absolute atomic E-state index is 11.8. The molecule has 0 spiro atoms. The van der Waals surface area contributed by atoms with Crippen molar-refractivity contribution >= 4 is 0 Å². The van der Waals surface area contributed by atoms with Gasteiger partial charge in [-0.15, -0.1) is 0 Å². The van der Waals surface area contributed by atoms with Crippen molar-refractivity contribution in [3.63, 3.8) is 0 Å². The van der Waals surface area contributed by atoms with Gasteiger partial charge in [-0.3, -0.25) is 9.55 Å². The summed E-state index contributed by atoms with van der Waals surface area (Å²) in [5.41, 5.74) is 3.01. The molecule has 4 aromatic rings. The van der Waals surface area contributed by atoms with E-state index in [0.717, 1.165) is 22.5 Å². The molecule has 0 saturated heterocycles. The predicted octanol–water partition coefficient (Wildman–Crippen LogP) is 2.59. The van der Waals surface area contributed by atoms with Gasteiger partial charge in [-0.05, 0) is 43.3 Å². The lowest BCUT2D eigenvalue weighted by Crippen LogP contribution is -2.15. The van der Waals surface area contributed by atoms with Crippen LogP contribution in [0, 0.1) is 6.92 Å². The van der Waals surface area contributed by atoms with E-state index in [0.29, 0.717) is 11.7 Å². The van der Waals surface area contributed by atoms with Crippen LogP contribution in [0.4, 0.5) is 0 Å². The van der Waals surface area contributed by atoms with Gasteiger partial charge in [-0.1, -0.05) is 5.16 Å². The lowest BCUT2D eigenvalue weighted by molar-refractivity contribution is 0.432. The Morgan fingerprint density at radius 2 is 1.96 bits per heavy atom. The van der Waals surface area contributed by atoms with Crippen molar-refractivity contribution in [2.24, 2.45) is 0 Å². The molecule has 118 valence electrons. The third-order valence-electron chi connectivity index (χ3n) is 3.68. The molecule has 1 N–H and O–H groups in total. The van der Waals surface area contributed by atoms with E-state index < -0.39 is 0 Å². The van der Waals surface area contributed by atoms with Gasteiger partial charge in [-0.25, -0.2) is 4.79 Å². The molecule has 3 aromatic heterocycles. The van der Waals surface area contributed by atoms with Gasteiger partial charge in [0.2, 0.25) is 5.82 Å². The second-order valence-corrected chi connectivity index (χ2v) is 5.28. The van der Waals surface area contributed by atoms with Gasteiger partial charge in [0, 0.05) is 35.4 Å². The fourth-order valence-corrected chi connectivity index (χ4v) is 2.48. The Labute approximate surface area is 136 Å². The van der Waals surface area contributed by atoms with E-state index in [1.807, 2.05) is 43.3 Å². The number of nitrogens with zero attached hydrogens (tertiary/aromatic N) is 4. The highest BCUT2D eigenvalue weighted by Gasteiger charge is 2.11. The average Bonchev–Trinajstić information content (AvgIpc) is 3.23. The molecule has 0 saturated carbocycles. The van der Waals surface area contributed by atoms with Gasteiger partial charge in [-0.2, -0.15) is 4.98 Å². The zero-order chi connectivity index (χ0) is 16.5. The normalized spacial score (nSPS) is 10.9. The summed E-state index contributed by atoms with van der Waals surface area (Å²) in [5, 5.41) is 3.98. The summed E-state index contributed by atoms with van der Waals surface area (Å²) >= 11 is 0. The summed E-state index contributed by atoms with van der Waals surface area (Å²) in [6.07, 6.45) is 5.04. The van der Waals surface area contributed by atoms with Gasteiger partial charge in [0.25, 0.3) is 5.89 Å². The lowest BCUT2D eigenvalue weighted by atomic mass is 10.2. The highest BCUT2D eigenvalue weighted by atomic mass is 16.5. The van der Waals surface area contributed by atoms with Crippen LogP contribution in [-0.4, -0.2) is 24.7 Å². The third-order valence-corrected chi connectivity index (χ3v) is 3.68. The fourth-order valence-electron chi connectivity index (χ4n) is 2.48. The Balaban J connectivity index is 1.67. The predicted molar refractivity (Wildman–Crippen MR) is 87.6 cm³/mol. The van der Waals surface area contributed by atoms with Crippen LogP contribution in [0.3, 0.4) is 0 Å². The molecule has 0 fully saturated rings. The molecule has 24 heavy (non-hydrogen) atoms. The Kier molecular flexibility index (Phi) is 3.31. The highest BCUT2D eigenvalue weighted by molar-refractivity contribution is 5.60. The molecular weight excluding hydrogens is 306 g/mol. The molecular formula is C17H13N5O2. The number of aromatic nitrogens is 5. The van der Waals surface area contributed by atoms with Crippen molar-refractivity contribution in [3.8, 4) is 28.5 Å². The second kappa shape index (κ2) is 5.62. The van der Waals surface area contributed by atoms with Gasteiger partial charge in [0.15, 0.2) is 0 Å². The maximum atomic E-state index is 11.8. The van der Waals surface area contributed by atoms with E-state index in [1.54, 1.807) is 23.2 Å². The van der Waals surface area contributed by atoms with Crippen LogP contribution in [0.25, 0.3) is 28.5 Å². The van der Waals surface area contributed by atoms with E-state index in [9.17, 15) is 4.79 Å². The van der Waals surface area contributed by atoms with E-state index in [-0.39, 0.29) is 5.69 Å². The zero-order valence-electron chi connectivity index (χ0n) is 12.8. The van der Waals surface area contributed by atoms with Crippen molar-refractivity contribution < 1.29 is 4.52 Å². The molecule has 0 radical (unpaired) electrons. The number of imidazole rings is 1. The first-order chi connectivity index (χ1) is 11.7. The van der Waals surface area contributed by atoms with Crippen LogP contribution in [0.15, 0.2) is 64.3 Å². The number of H-pyrrole nitrogens is 1. The summed E-state index contributed by atoms with van der Waals surface area (Å²) in [4.78, 5) is 22.9. The smallest absolute Gasteiger partial charge is 0.330 e. The Hall–Kier alpha value is -3.48. The monoisotopic (exact) mass is 319 g/mol. The number of hydrogen-bond acceptors (Lipinski definition) is 5. The van der Waals surface area contributed by atoms with Gasteiger partial charge in [0.05, 0.1) is 5.69 Å². The zero-order valence-corrected chi connectivity index (χ0v) is 12.8. The number of nitrogens with one attached hydrogen (secondary N) is 1. The molecule has 0 atom stereocenters. The third kappa shape index (κ3) is 2.41. The molecule has 0 aliphatic heterocycles. The molecule has 4 rings (SSSR count). The number of aromatic amines is 1. The van der Waals surface area contributed by atoms with Crippen LogP contribution < -0.4 is 5.69 Å². The SMILES string of the molecule is Cc1c[nH]c(=O)n1-c1ccc(-c2nc(-c3cccnc3)no2)cc1. The Bertz CT molecular complexity index is 1030. The summed E-state index contributed by atoms with van der Waals surface area (Å²) in [5.74, 6) is 0.901. The lowest BCUT2D eigenvalue weighted by Gasteiger charge is -2.04. The molecule has 7 heteroatoms. The molecule has 3 heterocycles. The minimum absolute atomic E-state index is 0.170. The standard InChI is InChI=1S/C17H13N5O2/c1-11-9-19-17(23)22(11)14-6-4-12(5-7-14)16-20-15(21-24-16)13-3-2-8-18-10-13/h2-10H,1H3,(H,19,23). The number of aryl methyl sites for hydroxylation is 1. The number of hydrogen-bond donors (Lipinski definition) is 1. The number of benzene rings is 1. The average molecular weight is 319 g/mol. The molecule has 7 nitrogen and oxygen atoms in total. The van der Waals surface area contributed by atoms with E-state index >= 15 is 0 Å². The van der Waals surface area contributed by atoms with Crippen LogP contribution in [0.1, 0.15) is 5.69 Å². The quantitative estimate of drug-likeness (QED) is 0.627. The first-order valence-corrected chi connectivity index (χ1v) is 7.34. The van der Waals surface area contributed by atoms with Gasteiger partial charge in [0.1, 0.15) is 0 Å². The van der Waals surface area contributed by atoms with Gasteiger partial charge < -0.3 is 9.51 Å². The highest BCUT2D eigenvalue weighted by Crippen LogP contribution is 2.22. The summed E-state index contributed by atoms with van der Waals surface area (Å²) in [6, 6.07) is 11.0. The largest absolute Gasteiger partial charge is 0.334 e. The van der Waals surface area contributed by atoms with Crippen molar-refractivity contribution in [1.29, 1.82) is 0 Å². The number of rotatable bonds is 3. The first kappa shape index (κ1) is 14.1.